The molecule has 1 saturated heterocycles. The molecule has 3 heteroatoms. The lowest BCUT2D eigenvalue weighted by molar-refractivity contribution is 0.127. The molecule has 88 valence electrons. The van der Waals surface area contributed by atoms with Gasteiger partial charge in [0.15, 0.2) is 0 Å². The minimum atomic E-state index is -0.382. The summed E-state index contributed by atoms with van der Waals surface area (Å²) in [5, 5.41) is 9.98. The highest BCUT2D eigenvalue weighted by molar-refractivity contribution is 8.00. The van der Waals surface area contributed by atoms with Gasteiger partial charge < -0.3 is 9.84 Å². The van der Waals surface area contributed by atoms with E-state index < -0.39 is 0 Å². The third-order valence-corrected chi connectivity index (χ3v) is 4.42. The Labute approximate surface area is 101 Å². The van der Waals surface area contributed by atoms with Crippen molar-refractivity contribution in [2.75, 3.05) is 6.61 Å². The zero-order valence-corrected chi connectivity index (χ0v) is 10.5. The van der Waals surface area contributed by atoms with Gasteiger partial charge in [-0.2, -0.15) is 0 Å². The van der Waals surface area contributed by atoms with Crippen LogP contribution in [-0.2, 0) is 4.74 Å². The van der Waals surface area contributed by atoms with Crippen LogP contribution in [0, 0.1) is 0 Å². The van der Waals surface area contributed by atoms with E-state index in [9.17, 15) is 5.11 Å². The lowest BCUT2D eigenvalue weighted by atomic mass is 10.1. The average Bonchev–Trinajstić information content (AvgIpc) is 2.65. The van der Waals surface area contributed by atoms with Gasteiger partial charge in [0.05, 0.1) is 12.2 Å². The van der Waals surface area contributed by atoms with Crippen molar-refractivity contribution >= 4 is 11.8 Å². The largest absolute Gasteiger partial charge is 0.389 e. The van der Waals surface area contributed by atoms with Crippen LogP contribution in [0.5, 0.6) is 0 Å². The standard InChI is InChI=1S/C13H18O2S/c1-9(14)11-3-5-12(6-4-11)16-13-7-8-15-10(13)2/h3-6,9-10,13-14H,7-8H2,1-2H3. The summed E-state index contributed by atoms with van der Waals surface area (Å²) in [4.78, 5) is 1.26. The molecule has 1 aromatic carbocycles. The van der Waals surface area contributed by atoms with Crippen LogP contribution in [0.1, 0.15) is 31.9 Å². The molecule has 3 unspecified atom stereocenters. The molecule has 2 nitrogen and oxygen atoms in total. The summed E-state index contributed by atoms with van der Waals surface area (Å²) >= 11 is 1.87. The maximum Gasteiger partial charge on any atom is 0.0761 e. The molecule has 1 N–H and O–H groups in total. The Morgan fingerprint density at radius 2 is 2.06 bits per heavy atom. The molecule has 1 aliphatic heterocycles. The van der Waals surface area contributed by atoms with Gasteiger partial charge in [-0.3, -0.25) is 0 Å². The van der Waals surface area contributed by atoms with Crippen molar-refractivity contribution in [1.29, 1.82) is 0 Å². The summed E-state index contributed by atoms with van der Waals surface area (Å²) in [7, 11) is 0. The molecule has 1 fully saturated rings. The van der Waals surface area contributed by atoms with E-state index >= 15 is 0 Å². The van der Waals surface area contributed by atoms with Gasteiger partial charge in [-0.1, -0.05) is 12.1 Å². The third kappa shape index (κ3) is 2.78. The quantitative estimate of drug-likeness (QED) is 0.877. The van der Waals surface area contributed by atoms with Gasteiger partial charge in [0.2, 0.25) is 0 Å². The minimum absolute atomic E-state index is 0.349. The number of hydrogen-bond donors (Lipinski definition) is 1. The van der Waals surface area contributed by atoms with E-state index in [1.54, 1.807) is 6.92 Å². The Morgan fingerprint density at radius 1 is 1.38 bits per heavy atom. The predicted octanol–water partition coefficient (Wildman–Crippen LogP) is 3.01. The Hall–Kier alpha value is -0.510. The molecule has 0 bridgehead atoms. The van der Waals surface area contributed by atoms with Crippen molar-refractivity contribution < 1.29 is 9.84 Å². The van der Waals surface area contributed by atoms with Crippen molar-refractivity contribution in [3.05, 3.63) is 29.8 Å². The van der Waals surface area contributed by atoms with E-state index in [1.807, 2.05) is 23.9 Å². The van der Waals surface area contributed by atoms with E-state index in [2.05, 4.69) is 19.1 Å². The molecule has 0 amide bonds. The molecule has 0 saturated carbocycles. The number of aliphatic hydroxyl groups excluding tert-OH is 1. The fraction of sp³-hybridized carbons (Fsp3) is 0.538. The molecule has 0 aromatic heterocycles. The number of ether oxygens (including phenoxy) is 1. The molecule has 1 heterocycles. The lowest BCUT2D eigenvalue weighted by Gasteiger charge is -2.13. The van der Waals surface area contributed by atoms with Crippen molar-refractivity contribution in [2.24, 2.45) is 0 Å². The van der Waals surface area contributed by atoms with Crippen molar-refractivity contribution in [3.8, 4) is 0 Å². The van der Waals surface area contributed by atoms with Gasteiger partial charge in [0.1, 0.15) is 0 Å². The molecule has 0 aliphatic carbocycles. The first kappa shape index (κ1) is 12.0. The topological polar surface area (TPSA) is 29.5 Å². The molecular formula is C13H18O2S. The zero-order chi connectivity index (χ0) is 11.5. The lowest BCUT2D eigenvalue weighted by Crippen LogP contribution is -2.12. The highest BCUT2D eigenvalue weighted by atomic mass is 32.2. The summed E-state index contributed by atoms with van der Waals surface area (Å²) in [6.07, 6.45) is 1.10. The van der Waals surface area contributed by atoms with Gasteiger partial charge in [-0.05, 0) is 38.0 Å². The first-order chi connectivity index (χ1) is 7.66. The average molecular weight is 238 g/mol. The molecule has 1 aromatic rings. The monoisotopic (exact) mass is 238 g/mol. The number of benzene rings is 1. The van der Waals surface area contributed by atoms with E-state index in [4.69, 9.17) is 4.74 Å². The Bertz CT molecular complexity index is 334. The Kier molecular flexibility index (Phi) is 3.90. The number of rotatable bonds is 3. The van der Waals surface area contributed by atoms with Gasteiger partial charge >= 0.3 is 0 Å². The van der Waals surface area contributed by atoms with Crippen LogP contribution >= 0.6 is 11.8 Å². The summed E-state index contributed by atoms with van der Waals surface area (Å²) in [6.45, 7) is 4.80. The van der Waals surface area contributed by atoms with Gasteiger partial charge in [0.25, 0.3) is 0 Å². The van der Waals surface area contributed by atoms with Gasteiger partial charge in [-0.25, -0.2) is 0 Å². The predicted molar refractivity (Wildman–Crippen MR) is 66.8 cm³/mol. The number of thioether (sulfide) groups is 1. The summed E-state index contributed by atoms with van der Waals surface area (Å²) in [5.41, 5.74) is 0.972. The molecule has 3 atom stereocenters. The zero-order valence-electron chi connectivity index (χ0n) is 9.72. The van der Waals surface area contributed by atoms with Crippen LogP contribution in [0.3, 0.4) is 0 Å². The van der Waals surface area contributed by atoms with Gasteiger partial charge in [-0.15, -0.1) is 11.8 Å². The third-order valence-electron chi connectivity index (χ3n) is 2.96. The molecule has 2 rings (SSSR count). The summed E-state index contributed by atoms with van der Waals surface area (Å²) in [5.74, 6) is 0. The van der Waals surface area contributed by atoms with Crippen LogP contribution in [0.2, 0.25) is 0 Å². The Morgan fingerprint density at radius 3 is 2.56 bits per heavy atom. The number of aliphatic hydroxyl groups is 1. The van der Waals surface area contributed by atoms with Gasteiger partial charge in [0, 0.05) is 16.8 Å². The second-order valence-electron chi connectivity index (χ2n) is 4.27. The number of hydrogen-bond acceptors (Lipinski definition) is 3. The second kappa shape index (κ2) is 5.21. The summed E-state index contributed by atoms with van der Waals surface area (Å²) < 4.78 is 5.54. The van der Waals surface area contributed by atoms with E-state index in [0.29, 0.717) is 11.4 Å². The van der Waals surface area contributed by atoms with E-state index in [0.717, 1.165) is 18.6 Å². The molecule has 16 heavy (non-hydrogen) atoms. The van der Waals surface area contributed by atoms with E-state index in [1.165, 1.54) is 4.90 Å². The minimum Gasteiger partial charge on any atom is -0.389 e. The SMILES string of the molecule is CC(O)c1ccc(SC2CCOC2C)cc1. The van der Waals surface area contributed by atoms with Crippen LogP contribution < -0.4 is 0 Å². The van der Waals surface area contributed by atoms with Crippen LogP contribution in [0.15, 0.2) is 29.2 Å². The van der Waals surface area contributed by atoms with Crippen molar-refractivity contribution in [2.45, 2.75) is 42.6 Å². The molecule has 0 radical (unpaired) electrons. The van der Waals surface area contributed by atoms with Crippen molar-refractivity contribution in [1.82, 2.24) is 0 Å². The fourth-order valence-electron chi connectivity index (χ4n) is 1.87. The van der Waals surface area contributed by atoms with E-state index in [-0.39, 0.29) is 6.10 Å². The maximum absolute atomic E-state index is 9.41. The highest BCUT2D eigenvalue weighted by Gasteiger charge is 2.24. The normalized spacial score (nSPS) is 26.9. The first-order valence-electron chi connectivity index (χ1n) is 5.73. The highest BCUT2D eigenvalue weighted by Crippen LogP contribution is 2.32. The fourth-order valence-corrected chi connectivity index (χ4v) is 2.99. The molecular weight excluding hydrogens is 220 g/mol. The molecule has 0 spiro atoms. The second-order valence-corrected chi connectivity index (χ2v) is 5.58. The first-order valence-corrected chi connectivity index (χ1v) is 6.61. The molecule has 1 aliphatic rings. The van der Waals surface area contributed by atoms with Crippen molar-refractivity contribution in [3.63, 3.8) is 0 Å². The van der Waals surface area contributed by atoms with Crippen LogP contribution in [-0.4, -0.2) is 23.1 Å². The smallest absolute Gasteiger partial charge is 0.0761 e. The maximum atomic E-state index is 9.41. The summed E-state index contributed by atoms with van der Waals surface area (Å²) in [6, 6.07) is 8.15. The van der Waals surface area contributed by atoms with Crippen LogP contribution in [0.4, 0.5) is 0 Å². The van der Waals surface area contributed by atoms with Crippen LogP contribution in [0.25, 0.3) is 0 Å². The Balaban J connectivity index is 1.99.